The topological polar surface area (TPSA) is 70.1 Å². The zero-order chi connectivity index (χ0) is 16.6. The van der Waals surface area contributed by atoms with Crippen molar-refractivity contribution in [3.63, 3.8) is 0 Å². The third-order valence-corrected chi connectivity index (χ3v) is 5.86. The number of rotatable bonds is 2. The molecule has 2 aliphatic heterocycles. The van der Waals surface area contributed by atoms with Crippen LogP contribution in [0.25, 0.3) is 0 Å². The van der Waals surface area contributed by atoms with Crippen LogP contribution < -0.4 is 0 Å². The maximum absolute atomic E-state index is 12.2. The highest BCUT2D eigenvalue weighted by Gasteiger charge is 2.33. The minimum Gasteiger partial charge on any atom is -0.352 e. The Morgan fingerprint density at radius 3 is 2.52 bits per heavy atom. The quantitative estimate of drug-likeness (QED) is 0.817. The van der Waals surface area contributed by atoms with Gasteiger partial charge in [-0.05, 0) is 18.6 Å². The first-order chi connectivity index (χ1) is 10.9. The maximum atomic E-state index is 12.2. The molecule has 1 fully saturated rings. The summed E-state index contributed by atoms with van der Waals surface area (Å²) < 4.78 is 28.2. The van der Waals surface area contributed by atoms with Gasteiger partial charge in [-0.25, -0.2) is 0 Å². The molecule has 0 bridgehead atoms. The number of amidine groups is 1. The molecular formula is C16H21N3O3S. The molecule has 0 saturated carbocycles. The molecule has 2 heterocycles. The van der Waals surface area contributed by atoms with Crippen molar-refractivity contribution in [1.82, 2.24) is 9.80 Å². The number of carbonyl (C=O) groups is 1. The third kappa shape index (κ3) is 2.85. The normalized spacial score (nSPS) is 20.9. The molecule has 1 atom stereocenters. The summed E-state index contributed by atoms with van der Waals surface area (Å²) in [7, 11) is -3.59. The Bertz CT molecular complexity index is 750. The molecule has 124 valence electrons. The first kappa shape index (κ1) is 16.0. The van der Waals surface area contributed by atoms with Crippen molar-refractivity contribution in [2.75, 3.05) is 26.2 Å². The fourth-order valence-electron chi connectivity index (χ4n) is 2.94. The van der Waals surface area contributed by atoms with Gasteiger partial charge in [-0.1, -0.05) is 26.0 Å². The van der Waals surface area contributed by atoms with Crippen molar-refractivity contribution in [2.45, 2.75) is 25.2 Å². The highest BCUT2D eigenvalue weighted by Crippen LogP contribution is 2.28. The molecule has 1 saturated heterocycles. The first-order valence-corrected chi connectivity index (χ1v) is 9.36. The molecule has 7 heteroatoms. The number of sulfonamides is 1. The Morgan fingerprint density at radius 1 is 1.22 bits per heavy atom. The highest BCUT2D eigenvalue weighted by molar-refractivity contribution is 7.90. The molecule has 1 aromatic carbocycles. The number of fused-ring (bicyclic) bond motifs is 1. The molecular weight excluding hydrogens is 314 g/mol. The number of carbonyl (C=O) groups excluding carboxylic acids is 1. The third-order valence-electron chi connectivity index (χ3n) is 4.54. The van der Waals surface area contributed by atoms with Gasteiger partial charge < -0.3 is 9.80 Å². The average Bonchev–Trinajstić information content (AvgIpc) is 2.85. The Kier molecular flexibility index (Phi) is 4.14. The summed E-state index contributed by atoms with van der Waals surface area (Å²) in [6, 6.07) is 6.90. The lowest BCUT2D eigenvalue weighted by Crippen LogP contribution is -2.51. The van der Waals surface area contributed by atoms with E-state index in [1.807, 2.05) is 29.7 Å². The predicted molar refractivity (Wildman–Crippen MR) is 87.8 cm³/mol. The van der Waals surface area contributed by atoms with Gasteiger partial charge in [0.05, 0.1) is 0 Å². The molecule has 2 aliphatic rings. The number of amides is 1. The Labute approximate surface area is 136 Å². The molecule has 0 unspecified atom stereocenters. The van der Waals surface area contributed by atoms with E-state index in [9.17, 15) is 13.2 Å². The number of hydrogen-bond donors (Lipinski definition) is 0. The summed E-state index contributed by atoms with van der Waals surface area (Å²) in [6.07, 6.45) is 0.831. The molecule has 0 aromatic heterocycles. The lowest BCUT2D eigenvalue weighted by Gasteiger charge is -2.36. The van der Waals surface area contributed by atoms with Crippen LogP contribution in [0.4, 0.5) is 0 Å². The molecule has 0 N–H and O–H groups in total. The smallest absolute Gasteiger partial charge is 0.285 e. The van der Waals surface area contributed by atoms with Crippen LogP contribution in [0, 0.1) is 5.92 Å². The number of piperazine rings is 1. The van der Waals surface area contributed by atoms with E-state index in [-0.39, 0.29) is 16.7 Å². The number of nitrogens with zero attached hydrogens (tertiary/aromatic N) is 3. The second kappa shape index (κ2) is 5.96. The summed E-state index contributed by atoms with van der Waals surface area (Å²) in [6.45, 7) is 6.36. The van der Waals surface area contributed by atoms with Gasteiger partial charge in [0.15, 0.2) is 5.84 Å². The molecule has 0 radical (unpaired) electrons. The maximum Gasteiger partial charge on any atom is 0.285 e. The summed E-state index contributed by atoms with van der Waals surface area (Å²) >= 11 is 0. The van der Waals surface area contributed by atoms with Crippen LogP contribution >= 0.6 is 0 Å². The van der Waals surface area contributed by atoms with Gasteiger partial charge in [-0.15, -0.1) is 4.40 Å². The molecule has 1 aromatic rings. The number of hydrogen-bond acceptors (Lipinski definition) is 4. The van der Waals surface area contributed by atoms with Gasteiger partial charge >= 0.3 is 0 Å². The second-order valence-corrected chi connectivity index (χ2v) is 7.58. The van der Waals surface area contributed by atoms with Gasteiger partial charge in [0.2, 0.25) is 5.91 Å². The van der Waals surface area contributed by atoms with Crippen LogP contribution in [0.3, 0.4) is 0 Å². The van der Waals surface area contributed by atoms with E-state index in [0.717, 1.165) is 6.42 Å². The molecule has 0 aliphatic carbocycles. The van der Waals surface area contributed by atoms with Crippen LogP contribution in [0.2, 0.25) is 0 Å². The fourth-order valence-corrected chi connectivity index (χ4v) is 4.17. The molecule has 1 amide bonds. The summed E-state index contributed by atoms with van der Waals surface area (Å²) in [5.41, 5.74) is 0.661. The SMILES string of the molecule is CC[C@H](C)C(=O)N1CCN(C2=NS(=O)(=O)c3ccccc32)CC1. The van der Waals surface area contributed by atoms with Crippen molar-refractivity contribution in [3.8, 4) is 0 Å². The Balaban J connectivity index is 1.76. The Hall–Kier alpha value is -1.89. The van der Waals surface area contributed by atoms with Crippen LogP contribution in [-0.2, 0) is 14.8 Å². The van der Waals surface area contributed by atoms with E-state index in [1.165, 1.54) is 0 Å². The fraction of sp³-hybridized carbons (Fsp3) is 0.500. The average molecular weight is 335 g/mol. The van der Waals surface area contributed by atoms with Crippen LogP contribution in [-0.4, -0.2) is 56.1 Å². The predicted octanol–water partition coefficient (Wildman–Crippen LogP) is 1.33. The minimum absolute atomic E-state index is 0.0338. The van der Waals surface area contributed by atoms with E-state index in [0.29, 0.717) is 37.6 Å². The minimum atomic E-state index is -3.59. The molecule has 23 heavy (non-hydrogen) atoms. The second-order valence-electron chi connectivity index (χ2n) is 6.01. The number of benzene rings is 1. The van der Waals surface area contributed by atoms with Gasteiger partial charge in [0, 0.05) is 37.7 Å². The van der Waals surface area contributed by atoms with Crippen LogP contribution in [0.1, 0.15) is 25.8 Å². The van der Waals surface area contributed by atoms with Crippen LogP contribution in [0.15, 0.2) is 33.6 Å². The van der Waals surface area contributed by atoms with Crippen molar-refractivity contribution < 1.29 is 13.2 Å². The van der Waals surface area contributed by atoms with Crippen molar-refractivity contribution >= 4 is 21.8 Å². The zero-order valence-corrected chi connectivity index (χ0v) is 14.2. The summed E-state index contributed by atoms with van der Waals surface area (Å²) in [4.78, 5) is 16.3. The lowest BCUT2D eigenvalue weighted by molar-refractivity contribution is -0.136. The van der Waals surface area contributed by atoms with Gasteiger partial charge in [-0.2, -0.15) is 8.42 Å². The zero-order valence-electron chi connectivity index (χ0n) is 13.4. The van der Waals surface area contributed by atoms with Gasteiger partial charge in [-0.3, -0.25) is 4.79 Å². The van der Waals surface area contributed by atoms with Crippen molar-refractivity contribution in [2.24, 2.45) is 10.3 Å². The summed E-state index contributed by atoms with van der Waals surface area (Å²) in [5, 5.41) is 0. The largest absolute Gasteiger partial charge is 0.352 e. The monoisotopic (exact) mass is 335 g/mol. The van der Waals surface area contributed by atoms with E-state index in [4.69, 9.17) is 0 Å². The van der Waals surface area contributed by atoms with Gasteiger partial charge in [0.25, 0.3) is 10.0 Å². The lowest BCUT2D eigenvalue weighted by atomic mass is 10.1. The molecule has 6 nitrogen and oxygen atoms in total. The van der Waals surface area contributed by atoms with E-state index >= 15 is 0 Å². The molecule has 3 rings (SSSR count). The molecule has 0 spiro atoms. The van der Waals surface area contributed by atoms with E-state index in [2.05, 4.69) is 4.40 Å². The van der Waals surface area contributed by atoms with E-state index in [1.54, 1.807) is 18.2 Å². The van der Waals surface area contributed by atoms with Crippen LogP contribution in [0.5, 0.6) is 0 Å². The first-order valence-electron chi connectivity index (χ1n) is 7.92. The van der Waals surface area contributed by atoms with Crippen molar-refractivity contribution in [3.05, 3.63) is 29.8 Å². The van der Waals surface area contributed by atoms with E-state index < -0.39 is 10.0 Å². The highest BCUT2D eigenvalue weighted by atomic mass is 32.2. The Morgan fingerprint density at radius 2 is 1.87 bits per heavy atom. The summed E-state index contributed by atoms with van der Waals surface area (Å²) in [5.74, 6) is 0.719. The standard InChI is InChI=1S/C16H21N3O3S/c1-3-12(2)16(20)19-10-8-18(9-11-19)15-13-6-4-5-7-14(13)23(21,22)17-15/h4-7,12H,3,8-11H2,1-2H3/t12-/m0/s1. The van der Waals surface area contributed by atoms with Gasteiger partial charge in [0.1, 0.15) is 4.90 Å². The van der Waals surface area contributed by atoms with Crippen molar-refractivity contribution in [1.29, 1.82) is 0 Å².